The number of hydrogen-bond donors (Lipinski definition) is 2. The molecule has 2 atom stereocenters. The molecule has 0 aromatic rings. The van der Waals surface area contributed by atoms with Crippen LogP contribution in [0.25, 0.3) is 0 Å². The molecule has 1 rings (SSSR count). The van der Waals surface area contributed by atoms with E-state index in [9.17, 15) is 0 Å². The average Bonchev–Trinajstić information content (AvgIpc) is 2.43. The van der Waals surface area contributed by atoms with Gasteiger partial charge in [0.2, 0.25) is 0 Å². The van der Waals surface area contributed by atoms with Gasteiger partial charge in [0.1, 0.15) is 0 Å². The lowest BCUT2D eigenvalue weighted by molar-refractivity contribution is 0.592. The van der Waals surface area contributed by atoms with Gasteiger partial charge in [0.25, 0.3) is 0 Å². The van der Waals surface area contributed by atoms with Crippen molar-refractivity contribution in [3.05, 3.63) is 0 Å². The van der Waals surface area contributed by atoms with Crippen LogP contribution in [0.2, 0.25) is 0 Å². The number of nitrogens with one attached hydrogen (secondary N) is 1. The summed E-state index contributed by atoms with van der Waals surface area (Å²) in [5, 5.41) is 0.537. The Bertz CT molecular complexity index is 135. The molecule has 0 aliphatic carbocycles. The van der Waals surface area contributed by atoms with Crippen LogP contribution in [-0.4, -0.2) is 17.0 Å². The Hall–Kier alpha value is -0.170. The molecule has 3 N–H and O–H groups in total. The standard InChI is InChI=1S/C7H12N2S/c1-2-6(9-8)7-4-3-5-10-7/h1,6-7,9H,3-5,8H2. The zero-order valence-corrected chi connectivity index (χ0v) is 6.66. The minimum Gasteiger partial charge on any atom is -0.270 e. The summed E-state index contributed by atoms with van der Waals surface area (Å²) in [6.07, 6.45) is 7.73. The van der Waals surface area contributed by atoms with Crippen LogP contribution in [0.5, 0.6) is 0 Å². The summed E-state index contributed by atoms with van der Waals surface area (Å²) >= 11 is 1.91. The van der Waals surface area contributed by atoms with Crippen molar-refractivity contribution in [1.82, 2.24) is 5.43 Å². The van der Waals surface area contributed by atoms with E-state index in [4.69, 9.17) is 12.3 Å². The first-order valence-electron chi connectivity index (χ1n) is 3.42. The molecule has 3 heteroatoms. The van der Waals surface area contributed by atoms with E-state index in [-0.39, 0.29) is 6.04 Å². The highest BCUT2D eigenvalue weighted by atomic mass is 32.2. The molecule has 0 amide bonds. The van der Waals surface area contributed by atoms with Gasteiger partial charge in [0, 0.05) is 5.25 Å². The largest absolute Gasteiger partial charge is 0.270 e. The molecule has 56 valence electrons. The minimum absolute atomic E-state index is 0.0625. The topological polar surface area (TPSA) is 38.0 Å². The van der Waals surface area contributed by atoms with Gasteiger partial charge in [-0.15, -0.1) is 6.42 Å². The van der Waals surface area contributed by atoms with Crippen molar-refractivity contribution < 1.29 is 0 Å². The van der Waals surface area contributed by atoms with Crippen molar-refractivity contribution >= 4 is 11.8 Å². The molecule has 1 aliphatic heterocycles. The van der Waals surface area contributed by atoms with Gasteiger partial charge in [-0.25, -0.2) is 5.43 Å². The fourth-order valence-corrected chi connectivity index (χ4v) is 2.45. The molecule has 1 heterocycles. The Morgan fingerprint density at radius 1 is 1.80 bits per heavy atom. The first kappa shape index (κ1) is 7.93. The van der Waals surface area contributed by atoms with Gasteiger partial charge in [-0.1, -0.05) is 5.92 Å². The fraction of sp³-hybridized carbons (Fsp3) is 0.714. The third kappa shape index (κ3) is 1.66. The van der Waals surface area contributed by atoms with Crippen LogP contribution in [0.4, 0.5) is 0 Å². The Balaban J connectivity index is 2.38. The number of hydrogen-bond acceptors (Lipinski definition) is 3. The summed E-state index contributed by atoms with van der Waals surface area (Å²) in [6, 6.07) is 0.0625. The number of rotatable bonds is 2. The monoisotopic (exact) mass is 156 g/mol. The van der Waals surface area contributed by atoms with E-state index in [1.54, 1.807) is 0 Å². The van der Waals surface area contributed by atoms with Crippen LogP contribution < -0.4 is 11.3 Å². The van der Waals surface area contributed by atoms with Gasteiger partial charge in [-0.2, -0.15) is 11.8 Å². The van der Waals surface area contributed by atoms with Gasteiger partial charge < -0.3 is 0 Å². The second kappa shape index (κ2) is 3.87. The van der Waals surface area contributed by atoms with Crippen molar-refractivity contribution in [1.29, 1.82) is 0 Å². The SMILES string of the molecule is C#CC(NN)C1CCCS1. The van der Waals surface area contributed by atoms with Crippen molar-refractivity contribution in [2.45, 2.75) is 24.1 Å². The number of hydrazine groups is 1. The number of terminal acetylenes is 1. The Kier molecular flexibility index (Phi) is 3.07. The summed E-state index contributed by atoms with van der Waals surface area (Å²) in [6.45, 7) is 0. The molecule has 1 fully saturated rings. The van der Waals surface area contributed by atoms with Crippen LogP contribution >= 0.6 is 11.8 Å². The Morgan fingerprint density at radius 3 is 3.00 bits per heavy atom. The summed E-state index contributed by atoms with van der Waals surface area (Å²) in [5.74, 6) is 9.12. The van der Waals surface area contributed by atoms with E-state index in [0.717, 1.165) is 0 Å². The summed E-state index contributed by atoms with van der Waals surface area (Å²) in [7, 11) is 0. The lowest BCUT2D eigenvalue weighted by Crippen LogP contribution is -2.40. The van der Waals surface area contributed by atoms with E-state index in [0.29, 0.717) is 5.25 Å². The Labute approximate surface area is 65.9 Å². The molecule has 1 saturated heterocycles. The molecule has 0 radical (unpaired) electrons. The van der Waals surface area contributed by atoms with E-state index >= 15 is 0 Å². The van der Waals surface area contributed by atoms with Crippen LogP contribution in [0.15, 0.2) is 0 Å². The predicted molar refractivity (Wildman–Crippen MR) is 45.4 cm³/mol. The van der Waals surface area contributed by atoms with Crippen molar-refractivity contribution in [3.63, 3.8) is 0 Å². The quantitative estimate of drug-likeness (QED) is 0.344. The highest BCUT2D eigenvalue weighted by Crippen LogP contribution is 2.28. The molecule has 0 aromatic heterocycles. The van der Waals surface area contributed by atoms with Crippen LogP contribution in [0.1, 0.15) is 12.8 Å². The van der Waals surface area contributed by atoms with Gasteiger partial charge in [-0.3, -0.25) is 5.84 Å². The van der Waals surface area contributed by atoms with E-state index in [1.165, 1.54) is 18.6 Å². The zero-order chi connectivity index (χ0) is 7.40. The molecule has 2 nitrogen and oxygen atoms in total. The van der Waals surface area contributed by atoms with Crippen molar-refractivity contribution in [2.24, 2.45) is 5.84 Å². The molecule has 0 aromatic carbocycles. The highest BCUT2D eigenvalue weighted by molar-refractivity contribution is 8.00. The van der Waals surface area contributed by atoms with Gasteiger partial charge in [0.15, 0.2) is 0 Å². The predicted octanol–water partition coefficient (Wildman–Crippen LogP) is 0.347. The average molecular weight is 156 g/mol. The van der Waals surface area contributed by atoms with Crippen LogP contribution in [-0.2, 0) is 0 Å². The van der Waals surface area contributed by atoms with E-state index in [1.807, 2.05) is 11.8 Å². The summed E-state index contributed by atoms with van der Waals surface area (Å²) in [5.41, 5.74) is 2.64. The number of nitrogens with two attached hydrogens (primary N) is 1. The molecule has 2 unspecified atom stereocenters. The van der Waals surface area contributed by atoms with Crippen molar-refractivity contribution in [3.8, 4) is 12.3 Å². The minimum atomic E-state index is 0.0625. The van der Waals surface area contributed by atoms with Gasteiger partial charge in [0.05, 0.1) is 6.04 Å². The molecule has 10 heavy (non-hydrogen) atoms. The molecular weight excluding hydrogens is 144 g/mol. The second-order valence-corrected chi connectivity index (χ2v) is 3.71. The summed E-state index contributed by atoms with van der Waals surface area (Å²) < 4.78 is 0. The number of thioether (sulfide) groups is 1. The lowest BCUT2D eigenvalue weighted by atomic mass is 10.1. The molecule has 0 spiro atoms. The van der Waals surface area contributed by atoms with E-state index < -0.39 is 0 Å². The first-order valence-corrected chi connectivity index (χ1v) is 4.47. The van der Waals surface area contributed by atoms with Crippen LogP contribution in [0, 0.1) is 12.3 Å². The van der Waals surface area contributed by atoms with E-state index in [2.05, 4.69) is 11.3 Å². The Morgan fingerprint density at radius 2 is 2.60 bits per heavy atom. The highest BCUT2D eigenvalue weighted by Gasteiger charge is 2.22. The zero-order valence-electron chi connectivity index (χ0n) is 5.84. The maximum atomic E-state index is 5.26. The lowest BCUT2D eigenvalue weighted by Gasteiger charge is -2.14. The molecule has 1 aliphatic rings. The third-order valence-corrected chi connectivity index (χ3v) is 3.16. The maximum Gasteiger partial charge on any atom is 0.0933 e. The first-order chi connectivity index (χ1) is 4.88. The fourth-order valence-electron chi connectivity index (χ4n) is 1.13. The van der Waals surface area contributed by atoms with Gasteiger partial charge >= 0.3 is 0 Å². The molecule has 0 bridgehead atoms. The molecular formula is C7H12N2S. The smallest absolute Gasteiger partial charge is 0.0933 e. The normalized spacial score (nSPS) is 27.8. The van der Waals surface area contributed by atoms with Crippen LogP contribution in [0.3, 0.4) is 0 Å². The van der Waals surface area contributed by atoms with Crippen molar-refractivity contribution in [2.75, 3.05) is 5.75 Å². The summed E-state index contributed by atoms with van der Waals surface area (Å²) in [4.78, 5) is 0. The van der Waals surface area contributed by atoms with Gasteiger partial charge in [-0.05, 0) is 18.6 Å². The second-order valence-electron chi connectivity index (χ2n) is 2.36. The maximum absolute atomic E-state index is 5.26. The third-order valence-electron chi connectivity index (χ3n) is 1.70. The molecule has 0 saturated carbocycles.